The summed E-state index contributed by atoms with van der Waals surface area (Å²) in [6, 6.07) is 12.6. The summed E-state index contributed by atoms with van der Waals surface area (Å²) in [6.07, 6.45) is 0. The third kappa shape index (κ3) is 4.55. The van der Waals surface area contributed by atoms with Gasteiger partial charge in [0, 0.05) is 25.7 Å². The molecule has 3 rings (SSSR count). The van der Waals surface area contributed by atoms with E-state index in [-0.39, 0.29) is 30.8 Å². The summed E-state index contributed by atoms with van der Waals surface area (Å²) >= 11 is 1.52. The monoisotopic (exact) mass is 398 g/mol. The average Bonchev–Trinajstić information content (AvgIpc) is 2.69. The van der Waals surface area contributed by atoms with E-state index in [1.54, 1.807) is 24.3 Å². The van der Waals surface area contributed by atoms with E-state index in [9.17, 15) is 14.4 Å². The van der Waals surface area contributed by atoms with Crippen LogP contribution in [0.25, 0.3) is 20.2 Å². The van der Waals surface area contributed by atoms with Crippen LogP contribution in [0.1, 0.15) is 6.92 Å². The zero-order valence-corrected chi connectivity index (χ0v) is 16.0. The largest absolute Gasteiger partial charge is 0.482 e. The number of carbonyl (C=O) groups is 2. The van der Waals surface area contributed by atoms with E-state index >= 15 is 0 Å². The van der Waals surface area contributed by atoms with Gasteiger partial charge in [-0.1, -0.05) is 18.7 Å². The van der Waals surface area contributed by atoms with Crippen molar-refractivity contribution in [1.82, 2.24) is 0 Å². The highest BCUT2D eigenvalue weighted by atomic mass is 32.1. The Hall–Kier alpha value is -3.19. The van der Waals surface area contributed by atoms with Gasteiger partial charge in [0.1, 0.15) is 19.0 Å². The molecule has 0 aliphatic heterocycles. The Balaban J connectivity index is 1.60. The SMILES string of the molecule is C=C(C)C(=O)OCCOC(=O)COc1ccc2sc3ccccc3c(=O)c2c1. The quantitative estimate of drug-likeness (QED) is 0.262. The van der Waals surface area contributed by atoms with Gasteiger partial charge in [-0.3, -0.25) is 4.79 Å². The van der Waals surface area contributed by atoms with Gasteiger partial charge in [0.2, 0.25) is 0 Å². The summed E-state index contributed by atoms with van der Waals surface area (Å²) in [6.45, 7) is 4.54. The second-order valence-corrected chi connectivity index (χ2v) is 7.09. The molecule has 0 saturated heterocycles. The second-order valence-electron chi connectivity index (χ2n) is 6.01. The Morgan fingerprint density at radius 2 is 1.71 bits per heavy atom. The van der Waals surface area contributed by atoms with E-state index in [2.05, 4.69) is 6.58 Å². The van der Waals surface area contributed by atoms with Gasteiger partial charge < -0.3 is 14.2 Å². The fourth-order valence-electron chi connectivity index (χ4n) is 2.47. The molecule has 0 aliphatic rings. The Kier molecular flexibility index (Phi) is 6.06. The predicted molar refractivity (Wildman–Crippen MR) is 108 cm³/mol. The molecule has 0 aliphatic carbocycles. The van der Waals surface area contributed by atoms with Gasteiger partial charge in [0.05, 0.1) is 0 Å². The van der Waals surface area contributed by atoms with Gasteiger partial charge in [-0.2, -0.15) is 0 Å². The second kappa shape index (κ2) is 8.67. The van der Waals surface area contributed by atoms with Crippen LogP contribution in [0, 0.1) is 0 Å². The first kappa shape index (κ1) is 19.6. The molecule has 0 unspecified atom stereocenters. The van der Waals surface area contributed by atoms with Gasteiger partial charge >= 0.3 is 11.9 Å². The Morgan fingerprint density at radius 3 is 2.50 bits per heavy atom. The van der Waals surface area contributed by atoms with E-state index in [0.29, 0.717) is 16.5 Å². The zero-order chi connectivity index (χ0) is 20.1. The van der Waals surface area contributed by atoms with E-state index in [0.717, 1.165) is 9.40 Å². The first-order chi connectivity index (χ1) is 13.5. The molecule has 144 valence electrons. The Labute approximate surface area is 165 Å². The zero-order valence-electron chi connectivity index (χ0n) is 15.2. The summed E-state index contributed by atoms with van der Waals surface area (Å²) in [4.78, 5) is 35.6. The summed E-state index contributed by atoms with van der Waals surface area (Å²) in [7, 11) is 0. The number of ether oxygens (including phenoxy) is 3. The molecule has 0 N–H and O–H groups in total. The highest BCUT2D eigenvalue weighted by Gasteiger charge is 2.09. The molecular weight excluding hydrogens is 380 g/mol. The van der Waals surface area contributed by atoms with Crippen LogP contribution >= 0.6 is 11.3 Å². The van der Waals surface area contributed by atoms with Crippen LogP contribution in [-0.2, 0) is 19.1 Å². The molecule has 0 radical (unpaired) electrons. The van der Waals surface area contributed by atoms with Crippen molar-refractivity contribution in [2.75, 3.05) is 19.8 Å². The molecule has 0 saturated carbocycles. The highest BCUT2D eigenvalue weighted by molar-refractivity contribution is 7.24. The van der Waals surface area contributed by atoms with Crippen molar-refractivity contribution in [3.63, 3.8) is 0 Å². The van der Waals surface area contributed by atoms with Crippen LogP contribution in [0.15, 0.2) is 59.4 Å². The van der Waals surface area contributed by atoms with E-state index in [4.69, 9.17) is 14.2 Å². The van der Waals surface area contributed by atoms with Crippen molar-refractivity contribution < 1.29 is 23.8 Å². The number of benzene rings is 2. The van der Waals surface area contributed by atoms with Crippen LogP contribution in [0.3, 0.4) is 0 Å². The first-order valence-corrected chi connectivity index (χ1v) is 9.34. The lowest BCUT2D eigenvalue weighted by atomic mass is 10.2. The van der Waals surface area contributed by atoms with Crippen molar-refractivity contribution in [1.29, 1.82) is 0 Å². The molecule has 0 atom stereocenters. The molecule has 0 bridgehead atoms. The van der Waals surface area contributed by atoms with Crippen molar-refractivity contribution >= 4 is 43.4 Å². The number of rotatable bonds is 7. The summed E-state index contributed by atoms with van der Waals surface area (Å²) in [5.74, 6) is -0.738. The van der Waals surface area contributed by atoms with Gasteiger partial charge in [0.25, 0.3) is 0 Å². The van der Waals surface area contributed by atoms with Gasteiger partial charge in [-0.05, 0) is 37.3 Å². The normalized spacial score (nSPS) is 10.6. The van der Waals surface area contributed by atoms with Crippen LogP contribution in [0.2, 0.25) is 0 Å². The Morgan fingerprint density at radius 1 is 1.00 bits per heavy atom. The van der Waals surface area contributed by atoms with Gasteiger partial charge in [-0.15, -0.1) is 11.3 Å². The van der Waals surface area contributed by atoms with Crippen molar-refractivity contribution in [3.8, 4) is 5.75 Å². The lowest BCUT2D eigenvalue weighted by Crippen LogP contribution is -2.19. The molecule has 2 aromatic carbocycles. The van der Waals surface area contributed by atoms with E-state index in [1.807, 2.05) is 18.2 Å². The molecule has 6 nitrogen and oxygen atoms in total. The smallest absolute Gasteiger partial charge is 0.344 e. The molecule has 3 aromatic rings. The maximum atomic E-state index is 12.7. The number of hydrogen-bond acceptors (Lipinski definition) is 7. The predicted octanol–water partition coefficient (Wildman–Crippen LogP) is 3.46. The Bertz CT molecular complexity index is 1110. The average molecular weight is 398 g/mol. The van der Waals surface area contributed by atoms with E-state index in [1.165, 1.54) is 18.3 Å². The fraction of sp³-hybridized carbons (Fsp3) is 0.190. The first-order valence-electron chi connectivity index (χ1n) is 8.52. The number of fused-ring (bicyclic) bond motifs is 2. The molecule has 0 amide bonds. The van der Waals surface area contributed by atoms with Gasteiger partial charge in [-0.25, -0.2) is 9.59 Å². The molecule has 1 aromatic heterocycles. The summed E-state index contributed by atoms with van der Waals surface area (Å²) in [5, 5.41) is 1.20. The fourth-order valence-corrected chi connectivity index (χ4v) is 3.52. The van der Waals surface area contributed by atoms with E-state index < -0.39 is 11.9 Å². The maximum absolute atomic E-state index is 12.7. The minimum atomic E-state index is -0.602. The molecular formula is C21H18O6S. The highest BCUT2D eigenvalue weighted by Crippen LogP contribution is 2.27. The van der Waals surface area contributed by atoms with Crippen LogP contribution in [0.4, 0.5) is 0 Å². The summed E-state index contributed by atoms with van der Waals surface area (Å²) in [5.41, 5.74) is 0.203. The minimum Gasteiger partial charge on any atom is -0.482 e. The van der Waals surface area contributed by atoms with Crippen LogP contribution < -0.4 is 10.2 Å². The van der Waals surface area contributed by atoms with Crippen molar-refractivity contribution in [3.05, 3.63) is 64.8 Å². The van der Waals surface area contributed by atoms with Crippen molar-refractivity contribution in [2.45, 2.75) is 6.92 Å². The molecule has 28 heavy (non-hydrogen) atoms. The molecule has 7 heteroatoms. The minimum absolute atomic E-state index is 0.0542. The lowest BCUT2D eigenvalue weighted by molar-refractivity contribution is -0.151. The molecule has 0 spiro atoms. The van der Waals surface area contributed by atoms with Gasteiger partial charge in [0.15, 0.2) is 12.0 Å². The maximum Gasteiger partial charge on any atom is 0.344 e. The standard InChI is InChI=1S/C21H18O6S/c1-13(2)21(24)26-10-9-25-19(22)12-27-14-7-8-18-16(11-14)20(23)15-5-3-4-6-17(15)28-18/h3-8,11H,1,9-10,12H2,2H3. The lowest BCUT2D eigenvalue weighted by Gasteiger charge is -2.08. The third-order valence-corrected chi connectivity index (χ3v) is 4.98. The number of hydrogen-bond donors (Lipinski definition) is 0. The van der Waals surface area contributed by atoms with Crippen LogP contribution in [-0.4, -0.2) is 31.8 Å². The third-order valence-electron chi connectivity index (χ3n) is 3.83. The summed E-state index contributed by atoms with van der Waals surface area (Å²) < 4.78 is 17.0. The number of carbonyl (C=O) groups excluding carboxylic acids is 2. The number of esters is 2. The van der Waals surface area contributed by atoms with Crippen LogP contribution in [0.5, 0.6) is 5.75 Å². The molecule has 0 fully saturated rings. The molecule has 1 heterocycles. The topological polar surface area (TPSA) is 78.9 Å². The van der Waals surface area contributed by atoms with Crippen molar-refractivity contribution in [2.24, 2.45) is 0 Å².